The van der Waals surface area contributed by atoms with Gasteiger partial charge in [0, 0.05) is 16.3 Å². The molecule has 142 valence electrons. The Hall–Kier alpha value is -2.92. The summed E-state index contributed by atoms with van der Waals surface area (Å²) in [7, 11) is 0. The predicted octanol–water partition coefficient (Wildman–Crippen LogP) is 4.44. The molecule has 0 aromatic heterocycles. The Morgan fingerprint density at radius 3 is 2.54 bits per heavy atom. The Kier molecular flexibility index (Phi) is 4.77. The number of carbonyl (C=O) groups is 3. The van der Waals surface area contributed by atoms with E-state index in [-0.39, 0.29) is 29.6 Å². The van der Waals surface area contributed by atoms with Crippen molar-refractivity contribution in [1.82, 2.24) is 0 Å². The first-order valence-corrected chi connectivity index (χ1v) is 9.52. The number of rotatable bonds is 3. The Balaban J connectivity index is 1.57. The van der Waals surface area contributed by atoms with Gasteiger partial charge in [-0.15, -0.1) is 0 Å². The topological polar surface area (TPSA) is 66.5 Å². The number of benzene rings is 2. The maximum atomic E-state index is 12.9. The molecule has 6 heteroatoms. The zero-order chi connectivity index (χ0) is 19.8. The second kappa shape index (κ2) is 7.24. The van der Waals surface area contributed by atoms with Crippen molar-refractivity contribution in [3.8, 4) is 0 Å². The van der Waals surface area contributed by atoms with Crippen LogP contribution in [-0.2, 0) is 9.59 Å². The number of nitrogens with zero attached hydrogens (tertiary/aromatic N) is 1. The van der Waals surface area contributed by atoms with Crippen LogP contribution in [0.3, 0.4) is 0 Å². The van der Waals surface area contributed by atoms with E-state index in [0.29, 0.717) is 34.8 Å². The lowest BCUT2D eigenvalue weighted by Crippen LogP contribution is -2.31. The van der Waals surface area contributed by atoms with Gasteiger partial charge in [-0.25, -0.2) is 0 Å². The average Bonchev–Trinajstić information content (AvgIpc) is 2.93. The molecule has 1 fully saturated rings. The van der Waals surface area contributed by atoms with Gasteiger partial charge < -0.3 is 5.32 Å². The van der Waals surface area contributed by atoms with Crippen molar-refractivity contribution in [3.05, 3.63) is 70.8 Å². The van der Waals surface area contributed by atoms with Crippen molar-refractivity contribution in [2.75, 3.05) is 10.2 Å². The lowest BCUT2D eigenvalue weighted by atomic mass is 9.82. The fourth-order valence-electron chi connectivity index (χ4n) is 3.81. The molecule has 0 unspecified atom stereocenters. The number of carbonyl (C=O) groups excluding carboxylic acids is 3. The molecule has 28 heavy (non-hydrogen) atoms. The van der Waals surface area contributed by atoms with Crippen LogP contribution in [0, 0.1) is 11.8 Å². The second-order valence-electron chi connectivity index (χ2n) is 7.23. The van der Waals surface area contributed by atoms with Gasteiger partial charge in [-0.05, 0) is 62.2 Å². The lowest BCUT2D eigenvalue weighted by Gasteiger charge is -2.18. The molecule has 0 saturated carbocycles. The number of hydrogen-bond acceptors (Lipinski definition) is 3. The van der Waals surface area contributed by atoms with Crippen LogP contribution in [0.25, 0.3) is 0 Å². The minimum atomic E-state index is -0.321. The minimum absolute atomic E-state index is 0.183. The Morgan fingerprint density at radius 2 is 1.79 bits per heavy atom. The summed E-state index contributed by atoms with van der Waals surface area (Å²) in [6, 6.07) is 13.4. The van der Waals surface area contributed by atoms with E-state index in [1.807, 2.05) is 13.0 Å². The smallest absolute Gasteiger partial charge is 0.255 e. The molecule has 2 aliphatic rings. The molecule has 4 rings (SSSR count). The molecule has 0 radical (unpaired) electrons. The van der Waals surface area contributed by atoms with Crippen molar-refractivity contribution in [2.24, 2.45) is 11.8 Å². The molecule has 0 bridgehead atoms. The van der Waals surface area contributed by atoms with Crippen LogP contribution in [0.1, 0.15) is 30.1 Å². The summed E-state index contributed by atoms with van der Waals surface area (Å²) in [4.78, 5) is 39.5. The molecule has 1 N–H and O–H groups in total. The van der Waals surface area contributed by atoms with Gasteiger partial charge in [-0.3, -0.25) is 19.3 Å². The molecule has 0 spiro atoms. The van der Waals surface area contributed by atoms with E-state index in [1.165, 1.54) is 4.90 Å². The van der Waals surface area contributed by atoms with Gasteiger partial charge in [0.15, 0.2) is 0 Å². The van der Waals surface area contributed by atoms with E-state index in [0.717, 1.165) is 5.57 Å². The maximum absolute atomic E-state index is 12.9. The first-order valence-electron chi connectivity index (χ1n) is 9.14. The molecule has 2 aromatic carbocycles. The number of imide groups is 1. The molecule has 1 aliphatic heterocycles. The lowest BCUT2D eigenvalue weighted by molar-refractivity contribution is -0.122. The highest BCUT2D eigenvalue weighted by atomic mass is 35.5. The molecule has 2 aromatic rings. The summed E-state index contributed by atoms with van der Waals surface area (Å²) < 4.78 is 0. The number of nitrogens with one attached hydrogen (secondary N) is 1. The van der Waals surface area contributed by atoms with Crippen molar-refractivity contribution in [2.45, 2.75) is 19.8 Å². The highest BCUT2D eigenvalue weighted by molar-refractivity contribution is 6.30. The highest BCUT2D eigenvalue weighted by Crippen LogP contribution is 2.39. The molecule has 1 heterocycles. The zero-order valence-electron chi connectivity index (χ0n) is 15.3. The Labute approximate surface area is 168 Å². The van der Waals surface area contributed by atoms with E-state index >= 15 is 0 Å². The van der Waals surface area contributed by atoms with Crippen LogP contribution in [-0.4, -0.2) is 17.7 Å². The first kappa shape index (κ1) is 18.4. The van der Waals surface area contributed by atoms with E-state index in [4.69, 9.17) is 11.6 Å². The van der Waals surface area contributed by atoms with Gasteiger partial charge in [-0.2, -0.15) is 0 Å². The molecular formula is C22H19ClN2O3. The van der Waals surface area contributed by atoms with Gasteiger partial charge in [0.25, 0.3) is 5.91 Å². The van der Waals surface area contributed by atoms with Gasteiger partial charge in [0.05, 0.1) is 17.5 Å². The van der Waals surface area contributed by atoms with Crippen LogP contribution in [0.4, 0.5) is 11.4 Å². The monoisotopic (exact) mass is 394 g/mol. The van der Waals surface area contributed by atoms with Gasteiger partial charge in [0.1, 0.15) is 0 Å². The summed E-state index contributed by atoms with van der Waals surface area (Å²) >= 11 is 5.86. The molecule has 2 atom stereocenters. The van der Waals surface area contributed by atoms with Gasteiger partial charge in [-0.1, -0.05) is 29.3 Å². The van der Waals surface area contributed by atoms with E-state index < -0.39 is 0 Å². The summed E-state index contributed by atoms with van der Waals surface area (Å²) in [5.41, 5.74) is 2.56. The molecule has 1 aliphatic carbocycles. The molecular weight excluding hydrogens is 376 g/mol. The third kappa shape index (κ3) is 3.34. The number of anilines is 2. The Morgan fingerprint density at radius 1 is 1.07 bits per heavy atom. The molecule has 3 amide bonds. The van der Waals surface area contributed by atoms with Crippen LogP contribution in [0.5, 0.6) is 0 Å². The third-order valence-electron chi connectivity index (χ3n) is 5.29. The van der Waals surface area contributed by atoms with Crippen molar-refractivity contribution in [1.29, 1.82) is 0 Å². The highest BCUT2D eigenvalue weighted by Gasteiger charge is 2.48. The fraction of sp³-hybridized carbons (Fsp3) is 0.227. The fourth-order valence-corrected chi connectivity index (χ4v) is 3.94. The van der Waals surface area contributed by atoms with Gasteiger partial charge in [0.2, 0.25) is 11.8 Å². The third-order valence-corrected chi connectivity index (χ3v) is 5.54. The van der Waals surface area contributed by atoms with Crippen LogP contribution < -0.4 is 10.2 Å². The summed E-state index contributed by atoms with van der Waals surface area (Å²) in [6.07, 6.45) is 3.24. The van der Waals surface area contributed by atoms with Crippen LogP contribution >= 0.6 is 11.6 Å². The van der Waals surface area contributed by atoms with Crippen molar-refractivity contribution >= 4 is 40.7 Å². The normalized spacial score (nSPS) is 21.4. The standard InChI is InChI=1S/C22H19ClN2O3/c1-13-5-10-18-19(11-13)22(28)25(21(18)27)17-4-2-3-14(12-17)20(26)24-16-8-6-15(23)7-9-16/h2-9,12,18-19H,10-11H2,1H3,(H,24,26)/t18-,19+/m0/s1. The maximum Gasteiger partial charge on any atom is 0.255 e. The quantitative estimate of drug-likeness (QED) is 0.618. The number of fused-ring (bicyclic) bond motifs is 1. The van der Waals surface area contributed by atoms with E-state index in [2.05, 4.69) is 5.32 Å². The largest absolute Gasteiger partial charge is 0.322 e. The summed E-state index contributed by atoms with van der Waals surface area (Å²) in [6.45, 7) is 1.98. The minimum Gasteiger partial charge on any atom is -0.322 e. The molecule has 5 nitrogen and oxygen atoms in total. The van der Waals surface area contributed by atoms with Crippen LogP contribution in [0.15, 0.2) is 60.2 Å². The SMILES string of the molecule is CC1=CC[C@@H]2C(=O)N(c3cccc(C(=O)Nc4ccc(Cl)cc4)c3)C(=O)[C@@H]2C1. The number of halogens is 1. The second-order valence-corrected chi connectivity index (χ2v) is 7.66. The number of hydrogen-bond donors (Lipinski definition) is 1. The zero-order valence-corrected chi connectivity index (χ0v) is 16.1. The van der Waals surface area contributed by atoms with Crippen molar-refractivity contribution < 1.29 is 14.4 Å². The first-order chi connectivity index (χ1) is 13.4. The van der Waals surface area contributed by atoms with Crippen LogP contribution in [0.2, 0.25) is 5.02 Å². The number of allylic oxidation sites excluding steroid dienone is 2. The molecule has 1 saturated heterocycles. The Bertz CT molecular complexity index is 997. The average molecular weight is 395 g/mol. The summed E-state index contributed by atoms with van der Waals surface area (Å²) in [5.74, 6) is -1.29. The van der Waals surface area contributed by atoms with E-state index in [1.54, 1.807) is 48.5 Å². The van der Waals surface area contributed by atoms with E-state index in [9.17, 15) is 14.4 Å². The predicted molar refractivity (Wildman–Crippen MR) is 108 cm³/mol. The number of amides is 3. The van der Waals surface area contributed by atoms with Crippen molar-refractivity contribution in [3.63, 3.8) is 0 Å². The summed E-state index contributed by atoms with van der Waals surface area (Å²) in [5, 5.41) is 3.37. The van der Waals surface area contributed by atoms with Gasteiger partial charge >= 0.3 is 0 Å².